The van der Waals surface area contributed by atoms with Crippen molar-refractivity contribution in [1.82, 2.24) is 4.90 Å². The molecule has 3 aromatic rings. The first-order chi connectivity index (χ1) is 15.8. The van der Waals surface area contributed by atoms with Crippen LogP contribution in [0.4, 0.5) is 11.4 Å². The van der Waals surface area contributed by atoms with Crippen molar-refractivity contribution in [2.75, 3.05) is 31.6 Å². The van der Waals surface area contributed by atoms with Gasteiger partial charge in [-0.25, -0.2) is 0 Å². The molecule has 0 spiro atoms. The lowest BCUT2D eigenvalue weighted by molar-refractivity contribution is 0.255. The lowest BCUT2D eigenvalue weighted by Gasteiger charge is -2.32. The standard InChI is InChI=1S/C28H32N2O2/c1-31-25-16-14-22(15-17-25)8-6-18-29-19-7-10-24(29)20-30-26-11-3-2-9-23(26)21-32-28-13-5-4-12-27(28)30/h2-5,9,11-17,24H,6-8,10,18-21H2,1H3/t24-/m1/s1. The number of aryl methyl sites for hydroxylation is 1. The molecule has 0 amide bonds. The summed E-state index contributed by atoms with van der Waals surface area (Å²) in [7, 11) is 1.72. The zero-order chi connectivity index (χ0) is 21.8. The normalized spacial score (nSPS) is 17.9. The van der Waals surface area contributed by atoms with Gasteiger partial charge in [-0.2, -0.15) is 0 Å². The van der Waals surface area contributed by atoms with Crippen LogP contribution in [0.2, 0.25) is 0 Å². The molecular formula is C28H32N2O2. The summed E-state index contributed by atoms with van der Waals surface area (Å²) in [5.41, 5.74) is 5.10. The summed E-state index contributed by atoms with van der Waals surface area (Å²) in [5.74, 6) is 1.91. The molecule has 2 heterocycles. The van der Waals surface area contributed by atoms with E-state index in [-0.39, 0.29) is 0 Å². The highest BCUT2D eigenvalue weighted by Gasteiger charge is 2.29. The molecular weight excluding hydrogens is 396 g/mol. The number of nitrogens with zero attached hydrogens (tertiary/aromatic N) is 2. The molecule has 0 radical (unpaired) electrons. The predicted octanol–water partition coefficient (Wildman–Crippen LogP) is 5.82. The van der Waals surface area contributed by atoms with Gasteiger partial charge in [-0.3, -0.25) is 4.90 Å². The van der Waals surface area contributed by atoms with Crippen LogP contribution in [0.25, 0.3) is 0 Å². The number of rotatable bonds is 7. The number of hydrogen-bond donors (Lipinski definition) is 0. The number of ether oxygens (including phenoxy) is 2. The molecule has 0 N–H and O–H groups in total. The summed E-state index contributed by atoms with van der Waals surface area (Å²) in [5, 5.41) is 0. The first kappa shape index (κ1) is 20.9. The molecule has 1 fully saturated rings. The second-order valence-electron chi connectivity index (χ2n) is 8.78. The van der Waals surface area contributed by atoms with Gasteiger partial charge >= 0.3 is 0 Å². The number of fused-ring (bicyclic) bond motifs is 2. The summed E-state index contributed by atoms with van der Waals surface area (Å²) >= 11 is 0. The first-order valence-electron chi connectivity index (χ1n) is 11.8. The van der Waals surface area contributed by atoms with Crippen molar-refractivity contribution in [2.24, 2.45) is 0 Å². The van der Waals surface area contributed by atoms with Gasteiger partial charge in [-0.15, -0.1) is 0 Å². The Morgan fingerprint density at radius 1 is 0.938 bits per heavy atom. The van der Waals surface area contributed by atoms with Gasteiger partial charge in [-0.1, -0.05) is 42.5 Å². The van der Waals surface area contributed by atoms with Crippen LogP contribution in [0.5, 0.6) is 11.5 Å². The Labute approximate surface area is 191 Å². The Balaban J connectivity index is 1.28. The summed E-state index contributed by atoms with van der Waals surface area (Å²) in [6.07, 6.45) is 4.82. The molecule has 3 aromatic carbocycles. The van der Waals surface area contributed by atoms with Crippen LogP contribution in [0.1, 0.15) is 30.4 Å². The maximum Gasteiger partial charge on any atom is 0.143 e. The van der Waals surface area contributed by atoms with Crippen LogP contribution >= 0.6 is 0 Å². The Bertz CT molecular complexity index is 986. The zero-order valence-corrected chi connectivity index (χ0v) is 18.9. The van der Waals surface area contributed by atoms with Crippen LogP contribution in [0.15, 0.2) is 72.8 Å². The molecule has 0 aliphatic carbocycles. The van der Waals surface area contributed by atoms with Gasteiger partial charge in [0.25, 0.3) is 0 Å². The van der Waals surface area contributed by atoms with Crippen molar-refractivity contribution < 1.29 is 9.47 Å². The average molecular weight is 429 g/mol. The molecule has 1 saturated heterocycles. The van der Waals surface area contributed by atoms with E-state index in [1.807, 2.05) is 0 Å². The summed E-state index contributed by atoms with van der Waals surface area (Å²) in [6.45, 7) is 3.96. The number of likely N-dealkylation sites (tertiary alicyclic amines) is 1. The molecule has 0 aromatic heterocycles. The SMILES string of the molecule is COc1ccc(CCCN2CCC[C@@H]2CN2c3ccccc3COc3ccccc32)cc1. The molecule has 0 bridgehead atoms. The highest BCUT2D eigenvalue weighted by molar-refractivity contribution is 5.72. The van der Waals surface area contributed by atoms with Gasteiger partial charge in [0, 0.05) is 23.8 Å². The topological polar surface area (TPSA) is 24.9 Å². The third-order valence-corrected chi connectivity index (χ3v) is 6.78. The van der Waals surface area contributed by atoms with E-state index < -0.39 is 0 Å². The Morgan fingerprint density at radius 3 is 2.56 bits per heavy atom. The molecule has 4 nitrogen and oxygen atoms in total. The predicted molar refractivity (Wildman–Crippen MR) is 130 cm³/mol. The van der Waals surface area contributed by atoms with Gasteiger partial charge in [0.1, 0.15) is 18.1 Å². The summed E-state index contributed by atoms with van der Waals surface area (Å²) in [4.78, 5) is 5.19. The van der Waals surface area contributed by atoms with Crippen LogP contribution in [-0.2, 0) is 13.0 Å². The van der Waals surface area contributed by atoms with Gasteiger partial charge in [0.15, 0.2) is 0 Å². The van der Waals surface area contributed by atoms with Gasteiger partial charge in [-0.05, 0) is 74.7 Å². The molecule has 1 atom stereocenters. The number of benzene rings is 3. The number of methoxy groups -OCH3 is 1. The Morgan fingerprint density at radius 2 is 1.72 bits per heavy atom. The van der Waals surface area contributed by atoms with Crippen LogP contribution in [0, 0.1) is 0 Å². The highest BCUT2D eigenvalue weighted by Crippen LogP contribution is 2.40. The Kier molecular flexibility index (Phi) is 6.31. The quantitative estimate of drug-likeness (QED) is 0.473. The highest BCUT2D eigenvalue weighted by atomic mass is 16.5. The van der Waals surface area contributed by atoms with E-state index in [4.69, 9.17) is 9.47 Å². The van der Waals surface area contributed by atoms with Gasteiger partial charge < -0.3 is 14.4 Å². The lowest BCUT2D eigenvalue weighted by Crippen LogP contribution is -2.39. The second kappa shape index (κ2) is 9.66. The van der Waals surface area contributed by atoms with Crippen LogP contribution in [-0.4, -0.2) is 37.7 Å². The molecule has 2 aliphatic heterocycles. The summed E-state index contributed by atoms with van der Waals surface area (Å²) in [6, 6.07) is 26.2. The zero-order valence-electron chi connectivity index (χ0n) is 18.9. The van der Waals surface area contributed by atoms with E-state index in [1.54, 1.807) is 7.11 Å². The fourth-order valence-electron chi connectivity index (χ4n) is 5.07. The number of para-hydroxylation sites is 3. The lowest BCUT2D eigenvalue weighted by atomic mass is 10.1. The second-order valence-corrected chi connectivity index (χ2v) is 8.78. The van der Waals surface area contributed by atoms with Crippen molar-refractivity contribution >= 4 is 11.4 Å². The van der Waals surface area contributed by atoms with Crippen molar-refractivity contribution in [2.45, 2.75) is 38.3 Å². The molecule has 4 heteroatoms. The Hall–Kier alpha value is -2.98. The van der Waals surface area contributed by atoms with Crippen molar-refractivity contribution in [3.8, 4) is 11.5 Å². The fraction of sp³-hybridized carbons (Fsp3) is 0.357. The van der Waals surface area contributed by atoms with Gasteiger partial charge in [0.2, 0.25) is 0 Å². The minimum absolute atomic E-state index is 0.560. The maximum atomic E-state index is 6.16. The third kappa shape index (κ3) is 4.46. The first-order valence-corrected chi connectivity index (χ1v) is 11.8. The van der Waals surface area contributed by atoms with Crippen molar-refractivity contribution in [1.29, 1.82) is 0 Å². The largest absolute Gasteiger partial charge is 0.497 e. The number of hydrogen-bond acceptors (Lipinski definition) is 4. The van der Waals surface area contributed by atoms with Crippen molar-refractivity contribution in [3.05, 3.63) is 83.9 Å². The number of anilines is 2. The molecule has 32 heavy (non-hydrogen) atoms. The molecule has 0 saturated carbocycles. The van der Waals surface area contributed by atoms with Crippen molar-refractivity contribution in [3.63, 3.8) is 0 Å². The minimum atomic E-state index is 0.560. The molecule has 2 aliphatic rings. The summed E-state index contributed by atoms with van der Waals surface area (Å²) < 4.78 is 11.4. The fourth-order valence-corrected chi connectivity index (χ4v) is 5.07. The van der Waals surface area contributed by atoms with E-state index >= 15 is 0 Å². The van der Waals surface area contributed by atoms with E-state index in [0.717, 1.165) is 31.0 Å². The van der Waals surface area contributed by atoms with E-state index in [1.165, 1.54) is 48.3 Å². The molecule has 5 rings (SSSR count). The average Bonchev–Trinajstić information content (AvgIpc) is 3.22. The van der Waals surface area contributed by atoms with Gasteiger partial charge in [0.05, 0.1) is 12.8 Å². The van der Waals surface area contributed by atoms with E-state index in [9.17, 15) is 0 Å². The van der Waals surface area contributed by atoms with E-state index in [0.29, 0.717) is 12.6 Å². The maximum absolute atomic E-state index is 6.16. The minimum Gasteiger partial charge on any atom is -0.497 e. The monoisotopic (exact) mass is 428 g/mol. The van der Waals surface area contributed by atoms with E-state index in [2.05, 4.69) is 82.6 Å². The third-order valence-electron chi connectivity index (χ3n) is 6.78. The molecule has 0 unspecified atom stereocenters. The van der Waals surface area contributed by atoms with Crippen LogP contribution in [0.3, 0.4) is 0 Å². The smallest absolute Gasteiger partial charge is 0.143 e. The molecule has 166 valence electrons. The van der Waals surface area contributed by atoms with Crippen LogP contribution < -0.4 is 14.4 Å².